The largest absolute Gasteiger partial charge is 0.384 e. The SMILES string of the molecule is CCCC(C)(C)NC(=O)c1cc(N)nc(C(C)(C)C)c1. The van der Waals surface area contributed by atoms with Crippen LogP contribution in [0.1, 0.15) is 70.4 Å². The molecule has 3 N–H and O–H groups in total. The first-order valence-corrected chi connectivity index (χ1v) is 7.16. The van der Waals surface area contributed by atoms with Crippen molar-refractivity contribution < 1.29 is 4.79 Å². The van der Waals surface area contributed by atoms with Gasteiger partial charge < -0.3 is 11.1 Å². The van der Waals surface area contributed by atoms with Crippen LogP contribution in [0.3, 0.4) is 0 Å². The number of amides is 1. The molecule has 1 aromatic heterocycles. The fraction of sp³-hybridized carbons (Fsp3) is 0.625. The Bertz CT molecular complexity index is 487. The van der Waals surface area contributed by atoms with Crippen LogP contribution >= 0.6 is 0 Å². The van der Waals surface area contributed by atoms with E-state index in [1.807, 2.05) is 19.9 Å². The van der Waals surface area contributed by atoms with Crippen molar-refractivity contribution in [1.82, 2.24) is 10.3 Å². The molecule has 0 aliphatic rings. The van der Waals surface area contributed by atoms with Crippen molar-refractivity contribution in [3.05, 3.63) is 23.4 Å². The van der Waals surface area contributed by atoms with Gasteiger partial charge in [-0.15, -0.1) is 0 Å². The molecule has 0 spiro atoms. The lowest BCUT2D eigenvalue weighted by molar-refractivity contribution is 0.0909. The van der Waals surface area contributed by atoms with Gasteiger partial charge >= 0.3 is 0 Å². The average Bonchev–Trinajstić information content (AvgIpc) is 2.26. The smallest absolute Gasteiger partial charge is 0.251 e. The number of carbonyl (C=O) groups is 1. The van der Waals surface area contributed by atoms with Crippen molar-refractivity contribution in [3.63, 3.8) is 0 Å². The Labute approximate surface area is 122 Å². The molecule has 0 bridgehead atoms. The molecule has 1 aromatic rings. The van der Waals surface area contributed by atoms with Gasteiger partial charge in [0.25, 0.3) is 5.91 Å². The van der Waals surface area contributed by atoms with Crippen LogP contribution in [-0.4, -0.2) is 16.4 Å². The molecular formula is C16H27N3O. The van der Waals surface area contributed by atoms with Crippen LogP contribution < -0.4 is 11.1 Å². The summed E-state index contributed by atoms with van der Waals surface area (Å²) in [4.78, 5) is 16.7. The summed E-state index contributed by atoms with van der Waals surface area (Å²) in [6.45, 7) is 12.3. The number of carbonyl (C=O) groups excluding carboxylic acids is 1. The maximum Gasteiger partial charge on any atom is 0.251 e. The van der Waals surface area contributed by atoms with Crippen LogP contribution in [0.4, 0.5) is 5.82 Å². The van der Waals surface area contributed by atoms with Crippen LogP contribution in [0.15, 0.2) is 12.1 Å². The van der Waals surface area contributed by atoms with Gasteiger partial charge in [0.15, 0.2) is 0 Å². The molecule has 0 radical (unpaired) electrons. The van der Waals surface area contributed by atoms with E-state index in [1.165, 1.54) is 0 Å². The third kappa shape index (κ3) is 4.51. The van der Waals surface area contributed by atoms with Crippen molar-refractivity contribution in [2.75, 3.05) is 5.73 Å². The lowest BCUT2D eigenvalue weighted by Crippen LogP contribution is -2.43. The third-order valence-corrected chi connectivity index (χ3v) is 3.20. The molecule has 0 unspecified atom stereocenters. The van der Waals surface area contributed by atoms with Crippen LogP contribution in [0.5, 0.6) is 0 Å². The van der Waals surface area contributed by atoms with Crippen LogP contribution in [0, 0.1) is 0 Å². The first-order valence-electron chi connectivity index (χ1n) is 7.16. The van der Waals surface area contributed by atoms with Gasteiger partial charge in [0.2, 0.25) is 0 Å². The Balaban J connectivity index is 3.02. The predicted molar refractivity (Wildman–Crippen MR) is 83.8 cm³/mol. The number of nitrogens with two attached hydrogens (primary N) is 1. The van der Waals surface area contributed by atoms with Crippen molar-refractivity contribution >= 4 is 11.7 Å². The molecular weight excluding hydrogens is 250 g/mol. The van der Waals surface area contributed by atoms with Crippen molar-refractivity contribution in [1.29, 1.82) is 0 Å². The molecule has 0 fully saturated rings. The summed E-state index contributed by atoms with van der Waals surface area (Å²) in [7, 11) is 0. The van der Waals surface area contributed by atoms with Gasteiger partial charge in [-0.3, -0.25) is 4.79 Å². The molecule has 0 saturated carbocycles. The van der Waals surface area contributed by atoms with E-state index in [9.17, 15) is 4.79 Å². The van der Waals surface area contributed by atoms with E-state index in [1.54, 1.807) is 6.07 Å². The van der Waals surface area contributed by atoms with Crippen LogP contribution in [0.25, 0.3) is 0 Å². The highest BCUT2D eigenvalue weighted by molar-refractivity contribution is 5.95. The zero-order chi connectivity index (χ0) is 15.6. The highest BCUT2D eigenvalue weighted by atomic mass is 16.1. The Kier molecular flexibility index (Phi) is 4.79. The maximum absolute atomic E-state index is 12.4. The number of anilines is 1. The minimum Gasteiger partial charge on any atom is -0.384 e. The summed E-state index contributed by atoms with van der Waals surface area (Å²) >= 11 is 0. The quantitative estimate of drug-likeness (QED) is 0.887. The Hall–Kier alpha value is -1.58. The fourth-order valence-electron chi connectivity index (χ4n) is 2.13. The van der Waals surface area contributed by atoms with Gasteiger partial charge in [0.05, 0.1) is 0 Å². The number of nitrogens with one attached hydrogen (secondary N) is 1. The molecule has 0 aliphatic carbocycles. The number of rotatable bonds is 4. The summed E-state index contributed by atoms with van der Waals surface area (Å²) in [6.07, 6.45) is 1.96. The van der Waals surface area contributed by atoms with Gasteiger partial charge in [-0.2, -0.15) is 0 Å². The maximum atomic E-state index is 12.4. The first-order chi connectivity index (χ1) is 9.05. The molecule has 112 valence electrons. The van der Waals surface area contributed by atoms with Gasteiger partial charge in [0, 0.05) is 22.2 Å². The minimum absolute atomic E-state index is 0.0944. The lowest BCUT2D eigenvalue weighted by Gasteiger charge is -2.26. The second-order valence-corrected chi connectivity index (χ2v) is 7.00. The van der Waals surface area contributed by atoms with E-state index in [0.717, 1.165) is 18.5 Å². The molecule has 0 saturated heterocycles. The standard InChI is InChI=1S/C16H27N3O/c1-7-8-16(5,6)19-14(20)11-9-12(15(2,3)4)18-13(17)10-11/h9-10H,7-8H2,1-6H3,(H2,17,18)(H,19,20). The molecule has 4 heteroatoms. The van der Waals surface area contributed by atoms with E-state index in [0.29, 0.717) is 11.4 Å². The molecule has 0 atom stereocenters. The summed E-state index contributed by atoms with van der Waals surface area (Å²) < 4.78 is 0. The molecule has 4 nitrogen and oxygen atoms in total. The normalized spacial score (nSPS) is 12.3. The van der Waals surface area contributed by atoms with Crippen molar-refractivity contribution in [2.45, 2.75) is 65.3 Å². The number of pyridine rings is 1. The van der Waals surface area contributed by atoms with E-state index in [4.69, 9.17) is 5.73 Å². The summed E-state index contributed by atoms with van der Waals surface area (Å²) in [5.41, 5.74) is 6.88. The summed E-state index contributed by atoms with van der Waals surface area (Å²) in [6, 6.07) is 3.46. The molecule has 20 heavy (non-hydrogen) atoms. The average molecular weight is 277 g/mol. The number of nitrogens with zero attached hydrogens (tertiary/aromatic N) is 1. The lowest BCUT2D eigenvalue weighted by atomic mass is 9.90. The van der Waals surface area contributed by atoms with Gasteiger partial charge in [0.1, 0.15) is 5.82 Å². The molecule has 1 rings (SSSR count). The van der Waals surface area contributed by atoms with E-state index >= 15 is 0 Å². The minimum atomic E-state index is -0.217. The van der Waals surface area contributed by atoms with Gasteiger partial charge in [-0.25, -0.2) is 4.98 Å². The second kappa shape index (κ2) is 5.81. The highest BCUT2D eigenvalue weighted by Gasteiger charge is 2.22. The molecule has 1 amide bonds. The second-order valence-electron chi connectivity index (χ2n) is 7.00. The zero-order valence-electron chi connectivity index (χ0n) is 13.5. The summed E-state index contributed by atoms with van der Waals surface area (Å²) in [5, 5.41) is 3.06. The van der Waals surface area contributed by atoms with E-state index in [-0.39, 0.29) is 16.9 Å². The summed E-state index contributed by atoms with van der Waals surface area (Å²) in [5.74, 6) is 0.291. The van der Waals surface area contributed by atoms with Crippen molar-refractivity contribution in [2.24, 2.45) is 0 Å². The Morgan fingerprint density at radius 1 is 1.25 bits per heavy atom. The Morgan fingerprint density at radius 3 is 2.35 bits per heavy atom. The zero-order valence-corrected chi connectivity index (χ0v) is 13.5. The highest BCUT2D eigenvalue weighted by Crippen LogP contribution is 2.23. The fourth-order valence-corrected chi connectivity index (χ4v) is 2.13. The number of hydrogen-bond donors (Lipinski definition) is 2. The number of aromatic nitrogens is 1. The Morgan fingerprint density at radius 2 is 1.85 bits per heavy atom. The van der Waals surface area contributed by atoms with Crippen molar-refractivity contribution in [3.8, 4) is 0 Å². The third-order valence-electron chi connectivity index (χ3n) is 3.20. The van der Waals surface area contributed by atoms with Crippen LogP contribution in [0.2, 0.25) is 0 Å². The van der Waals surface area contributed by atoms with Gasteiger partial charge in [-0.1, -0.05) is 34.1 Å². The topological polar surface area (TPSA) is 68.0 Å². The number of hydrogen-bond acceptors (Lipinski definition) is 3. The van der Waals surface area contributed by atoms with Crippen LogP contribution in [-0.2, 0) is 5.41 Å². The van der Waals surface area contributed by atoms with E-state index < -0.39 is 0 Å². The molecule has 0 aliphatic heterocycles. The van der Waals surface area contributed by atoms with Gasteiger partial charge in [-0.05, 0) is 32.4 Å². The predicted octanol–water partition coefficient (Wildman–Crippen LogP) is 3.27. The molecule has 1 heterocycles. The molecule has 0 aromatic carbocycles. The monoisotopic (exact) mass is 277 g/mol. The van der Waals surface area contributed by atoms with E-state index in [2.05, 4.69) is 38.0 Å². The number of nitrogen functional groups attached to an aromatic ring is 1. The first kappa shape index (κ1) is 16.5.